The fourth-order valence-electron chi connectivity index (χ4n) is 2.95. The molecule has 0 aromatic heterocycles. The highest BCUT2D eigenvalue weighted by molar-refractivity contribution is 5.98. The highest BCUT2D eigenvalue weighted by Gasteiger charge is 2.27. The summed E-state index contributed by atoms with van der Waals surface area (Å²) < 4.78 is 16.7. The van der Waals surface area contributed by atoms with Crippen molar-refractivity contribution in [3.05, 3.63) is 65.2 Å². The maximum atomic E-state index is 12.6. The van der Waals surface area contributed by atoms with Gasteiger partial charge in [0.25, 0.3) is 0 Å². The molecule has 0 radical (unpaired) electrons. The lowest BCUT2D eigenvalue weighted by Gasteiger charge is -2.32. The lowest BCUT2D eigenvalue weighted by molar-refractivity contribution is -0.180. The van der Waals surface area contributed by atoms with Crippen LogP contribution in [0, 0.1) is 0 Å². The molecule has 3 rings (SSSR count). The Kier molecular flexibility index (Phi) is 5.71. The van der Waals surface area contributed by atoms with Crippen LogP contribution in [0.1, 0.15) is 41.4 Å². The SMILES string of the molecule is COC[C@@H](NCC(=O)c1ccc2c(c1)COC(C)(C)O2)c1ccccc1. The van der Waals surface area contributed by atoms with E-state index < -0.39 is 5.79 Å². The molecule has 0 saturated heterocycles. The Labute approximate surface area is 154 Å². The summed E-state index contributed by atoms with van der Waals surface area (Å²) in [6.07, 6.45) is 0. The lowest BCUT2D eigenvalue weighted by Crippen LogP contribution is -2.35. The third kappa shape index (κ3) is 4.49. The summed E-state index contributed by atoms with van der Waals surface area (Å²) in [6, 6.07) is 15.4. The van der Waals surface area contributed by atoms with Crippen molar-refractivity contribution in [3.8, 4) is 5.75 Å². The van der Waals surface area contributed by atoms with Gasteiger partial charge in [0.15, 0.2) is 5.78 Å². The Hall–Kier alpha value is -2.21. The molecule has 1 aliphatic heterocycles. The second-order valence-electron chi connectivity index (χ2n) is 6.84. The van der Waals surface area contributed by atoms with Crippen LogP contribution in [0.4, 0.5) is 0 Å². The maximum absolute atomic E-state index is 12.6. The van der Waals surface area contributed by atoms with E-state index in [4.69, 9.17) is 14.2 Å². The number of methoxy groups -OCH3 is 1. The van der Waals surface area contributed by atoms with Gasteiger partial charge in [-0.3, -0.25) is 4.79 Å². The van der Waals surface area contributed by atoms with Crippen LogP contribution in [-0.4, -0.2) is 31.8 Å². The molecule has 1 aliphatic rings. The van der Waals surface area contributed by atoms with E-state index in [1.165, 1.54) is 0 Å². The van der Waals surface area contributed by atoms with Crippen LogP contribution < -0.4 is 10.1 Å². The molecule has 5 nitrogen and oxygen atoms in total. The first-order valence-electron chi connectivity index (χ1n) is 8.75. The van der Waals surface area contributed by atoms with Gasteiger partial charge in [0, 0.05) is 32.1 Å². The third-order valence-electron chi connectivity index (χ3n) is 4.36. The minimum absolute atomic E-state index is 0.0228. The largest absolute Gasteiger partial charge is 0.463 e. The van der Waals surface area contributed by atoms with Gasteiger partial charge in [0.2, 0.25) is 5.79 Å². The zero-order valence-corrected chi connectivity index (χ0v) is 15.5. The number of Topliss-reactive ketones (excluding diaryl/α,β-unsaturated/α-hetero) is 1. The molecule has 0 bridgehead atoms. The van der Waals surface area contributed by atoms with E-state index in [9.17, 15) is 4.79 Å². The molecule has 1 N–H and O–H groups in total. The maximum Gasteiger partial charge on any atom is 0.205 e. The summed E-state index contributed by atoms with van der Waals surface area (Å²) in [6.45, 7) is 4.91. The van der Waals surface area contributed by atoms with Crippen LogP contribution in [-0.2, 0) is 16.1 Å². The molecule has 0 aliphatic carbocycles. The Balaban J connectivity index is 1.66. The molecule has 1 atom stereocenters. The molecule has 2 aromatic rings. The van der Waals surface area contributed by atoms with Crippen molar-refractivity contribution in [2.45, 2.75) is 32.3 Å². The van der Waals surface area contributed by atoms with E-state index in [-0.39, 0.29) is 18.4 Å². The number of hydrogen-bond acceptors (Lipinski definition) is 5. The number of benzene rings is 2. The fraction of sp³-hybridized carbons (Fsp3) is 0.381. The van der Waals surface area contributed by atoms with Crippen LogP contribution in [0.15, 0.2) is 48.5 Å². The molecule has 0 spiro atoms. The molecule has 2 aromatic carbocycles. The van der Waals surface area contributed by atoms with Crippen LogP contribution in [0.25, 0.3) is 0 Å². The molecule has 0 unspecified atom stereocenters. The predicted molar refractivity (Wildman–Crippen MR) is 99.3 cm³/mol. The fourth-order valence-corrected chi connectivity index (χ4v) is 2.95. The van der Waals surface area contributed by atoms with Gasteiger partial charge in [-0.05, 0) is 23.8 Å². The molecule has 138 valence electrons. The van der Waals surface area contributed by atoms with E-state index in [0.717, 1.165) is 16.9 Å². The van der Waals surface area contributed by atoms with Gasteiger partial charge in [-0.25, -0.2) is 0 Å². The van der Waals surface area contributed by atoms with Crippen molar-refractivity contribution >= 4 is 5.78 Å². The zero-order valence-electron chi connectivity index (χ0n) is 15.5. The molecule has 5 heteroatoms. The van der Waals surface area contributed by atoms with Gasteiger partial charge >= 0.3 is 0 Å². The van der Waals surface area contributed by atoms with E-state index in [1.54, 1.807) is 13.2 Å². The minimum atomic E-state index is -0.636. The molecule has 1 heterocycles. The monoisotopic (exact) mass is 355 g/mol. The number of nitrogens with one attached hydrogen (secondary N) is 1. The lowest BCUT2D eigenvalue weighted by atomic mass is 10.0. The second-order valence-corrected chi connectivity index (χ2v) is 6.84. The Morgan fingerprint density at radius 2 is 2.00 bits per heavy atom. The van der Waals surface area contributed by atoms with Crippen LogP contribution in [0.5, 0.6) is 5.75 Å². The first kappa shape index (κ1) is 18.6. The van der Waals surface area contributed by atoms with Gasteiger partial charge < -0.3 is 19.5 Å². The van der Waals surface area contributed by atoms with E-state index in [2.05, 4.69) is 5.32 Å². The second kappa shape index (κ2) is 7.99. The highest BCUT2D eigenvalue weighted by Crippen LogP contribution is 2.31. The van der Waals surface area contributed by atoms with Gasteiger partial charge in [0.1, 0.15) is 5.75 Å². The number of ether oxygens (including phenoxy) is 3. The number of carbonyl (C=O) groups is 1. The molecular formula is C21H25NO4. The van der Waals surface area contributed by atoms with E-state index in [1.807, 2.05) is 56.3 Å². The zero-order chi connectivity index (χ0) is 18.6. The standard InChI is InChI=1S/C21H25NO4/c1-21(2)25-13-17-11-16(9-10-20(17)26-21)19(23)12-22-18(14-24-3)15-7-5-4-6-8-15/h4-11,18,22H,12-14H2,1-3H3/t18-/m1/s1. The Bertz CT molecular complexity index is 758. The molecule has 0 fully saturated rings. The summed E-state index contributed by atoms with van der Waals surface area (Å²) in [5, 5.41) is 3.29. The smallest absolute Gasteiger partial charge is 0.205 e. The van der Waals surface area contributed by atoms with Crippen molar-refractivity contribution < 1.29 is 19.0 Å². The number of hydrogen-bond donors (Lipinski definition) is 1. The first-order chi connectivity index (χ1) is 12.5. The Morgan fingerprint density at radius 3 is 2.73 bits per heavy atom. The van der Waals surface area contributed by atoms with Gasteiger partial charge in [0.05, 0.1) is 25.8 Å². The number of fused-ring (bicyclic) bond motifs is 1. The topological polar surface area (TPSA) is 56.8 Å². The van der Waals surface area contributed by atoms with Gasteiger partial charge in [-0.2, -0.15) is 0 Å². The normalized spacial score (nSPS) is 16.4. The predicted octanol–water partition coefficient (Wildman–Crippen LogP) is 3.49. The molecular weight excluding hydrogens is 330 g/mol. The molecule has 26 heavy (non-hydrogen) atoms. The average molecular weight is 355 g/mol. The molecule has 0 saturated carbocycles. The average Bonchev–Trinajstić information content (AvgIpc) is 2.64. The van der Waals surface area contributed by atoms with Gasteiger partial charge in [-0.15, -0.1) is 0 Å². The van der Waals surface area contributed by atoms with Crippen LogP contribution >= 0.6 is 0 Å². The molecule has 0 amide bonds. The van der Waals surface area contributed by atoms with Crippen molar-refractivity contribution in [3.63, 3.8) is 0 Å². The Morgan fingerprint density at radius 1 is 1.23 bits per heavy atom. The number of rotatable bonds is 7. The first-order valence-corrected chi connectivity index (χ1v) is 8.75. The summed E-state index contributed by atoms with van der Waals surface area (Å²) in [7, 11) is 1.66. The highest BCUT2D eigenvalue weighted by atomic mass is 16.7. The number of ketones is 1. The summed E-state index contributed by atoms with van der Waals surface area (Å²) in [5.74, 6) is 0.158. The quantitative estimate of drug-likeness (QED) is 0.771. The number of carbonyl (C=O) groups excluding carboxylic acids is 1. The summed E-state index contributed by atoms with van der Waals surface area (Å²) in [4.78, 5) is 12.6. The van der Waals surface area contributed by atoms with Crippen LogP contribution in [0.3, 0.4) is 0 Å². The summed E-state index contributed by atoms with van der Waals surface area (Å²) >= 11 is 0. The minimum Gasteiger partial charge on any atom is -0.463 e. The van der Waals surface area contributed by atoms with Gasteiger partial charge in [-0.1, -0.05) is 30.3 Å². The van der Waals surface area contributed by atoms with Crippen LogP contribution in [0.2, 0.25) is 0 Å². The van der Waals surface area contributed by atoms with Crippen molar-refractivity contribution in [1.29, 1.82) is 0 Å². The van der Waals surface area contributed by atoms with Crippen molar-refractivity contribution in [2.24, 2.45) is 0 Å². The third-order valence-corrected chi connectivity index (χ3v) is 4.36. The van der Waals surface area contributed by atoms with Crippen molar-refractivity contribution in [2.75, 3.05) is 20.3 Å². The summed E-state index contributed by atoms with van der Waals surface area (Å²) in [5.41, 5.74) is 2.63. The van der Waals surface area contributed by atoms with E-state index in [0.29, 0.717) is 18.8 Å². The van der Waals surface area contributed by atoms with Crippen molar-refractivity contribution in [1.82, 2.24) is 5.32 Å². The van der Waals surface area contributed by atoms with E-state index >= 15 is 0 Å².